The maximum absolute atomic E-state index is 11.7. The molecule has 1 aliphatic heterocycles. The van der Waals surface area contributed by atoms with Gasteiger partial charge in [0.05, 0.1) is 27.5 Å². The summed E-state index contributed by atoms with van der Waals surface area (Å²) in [5.74, 6) is -0.476. The van der Waals surface area contributed by atoms with Gasteiger partial charge in [-0.15, -0.1) is 12.6 Å². The van der Waals surface area contributed by atoms with E-state index in [0.717, 1.165) is 24.0 Å². The Morgan fingerprint density at radius 1 is 1.34 bits per heavy atom. The fraction of sp³-hybridized carbons (Fsp3) is 0.333. The molecule has 2 heterocycles. The number of nitrogens with zero attached hydrogens (tertiary/aromatic N) is 3. The van der Waals surface area contributed by atoms with Crippen LogP contribution in [-0.4, -0.2) is 15.8 Å². The second kappa shape index (κ2) is 7.17. The molecule has 0 radical (unpaired) electrons. The maximum Gasteiger partial charge on any atom is 0.269 e. The lowest BCUT2D eigenvalue weighted by molar-refractivity contribution is -0.742. The molecule has 0 spiro atoms. The lowest BCUT2D eigenvalue weighted by atomic mass is 9.76. The normalized spacial score (nSPS) is 26.6. The average Bonchev–Trinajstić information content (AvgIpc) is 3.53. The minimum Gasteiger partial charge on any atom is -0.365 e. The van der Waals surface area contributed by atoms with Gasteiger partial charge in [0.1, 0.15) is 0 Å². The molecule has 2 aliphatic rings. The zero-order valence-corrected chi connectivity index (χ0v) is 16.7. The molecule has 7 nitrogen and oxygen atoms in total. The standard InChI is InChI=1S/C21H20N4O3S/c1-13-3-2-10-24(12-13)19-18(14-4-8-16(9-5-14)25(27)28)17(11-22)20(29)23-21(19,26)15-6-7-15/h2-5,8-10,12,15,18-19,23,26H,6-7H2,1H3/p+1. The van der Waals surface area contributed by atoms with Gasteiger partial charge in [0.25, 0.3) is 5.69 Å². The first-order chi connectivity index (χ1) is 13.8. The van der Waals surface area contributed by atoms with E-state index in [2.05, 4.69) is 24.0 Å². The van der Waals surface area contributed by atoms with Crippen molar-refractivity contribution in [3.8, 4) is 6.07 Å². The summed E-state index contributed by atoms with van der Waals surface area (Å²) >= 11 is 4.48. The third-order valence-electron chi connectivity index (χ3n) is 5.73. The van der Waals surface area contributed by atoms with Crippen LogP contribution >= 0.6 is 12.6 Å². The number of nitro benzene ring substituents is 1. The smallest absolute Gasteiger partial charge is 0.269 e. The molecule has 1 aromatic carbocycles. The van der Waals surface area contributed by atoms with Crippen LogP contribution in [0.2, 0.25) is 0 Å². The number of aliphatic hydroxyl groups is 1. The van der Waals surface area contributed by atoms with Crippen molar-refractivity contribution >= 4 is 18.3 Å². The summed E-state index contributed by atoms with van der Waals surface area (Å²) in [4.78, 5) is 10.6. The van der Waals surface area contributed by atoms with Crippen molar-refractivity contribution in [2.45, 2.75) is 37.5 Å². The van der Waals surface area contributed by atoms with E-state index in [1.165, 1.54) is 12.1 Å². The molecule has 1 aromatic heterocycles. The molecule has 29 heavy (non-hydrogen) atoms. The second-order valence-electron chi connectivity index (χ2n) is 7.70. The van der Waals surface area contributed by atoms with Crippen molar-refractivity contribution < 1.29 is 14.6 Å². The molecule has 4 rings (SSSR count). The predicted molar refractivity (Wildman–Crippen MR) is 109 cm³/mol. The van der Waals surface area contributed by atoms with E-state index in [0.29, 0.717) is 10.6 Å². The van der Waals surface area contributed by atoms with Crippen molar-refractivity contribution in [3.63, 3.8) is 0 Å². The molecule has 0 saturated heterocycles. The van der Waals surface area contributed by atoms with Crippen LogP contribution in [0.4, 0.5) is 5.69 Å². The minimum atomic E-state index is -1.29. The number of allylic oxidation sites excluding steroid dienone is 1. The number of nitrogens with one attached hydrogen (secondary N) is 1. The number of aromatic nitrogens is 1. The summed E-state index contributed by atoms with van der Waals surface area (Å²) in [6.45, 7) is 1.97. The highest BCUT2D eigenvalue weighted by molar-refractivity contribution is 7.84. The number of thiol groups is 1. The first-order valence-corrected chi connectivity index (χ1v) is 9.85. The van der Waals surface area contributed by atoms with Crippen molar-refractivity contribution in [2.24, 2.45) is 5.92 Å². The van der Waals surface area contributed by atoms with Crippen LogP contribution in [0.15, 0.2) is 59.4 Å². The van der Waals surface area contributed by atoms with E-state index in [9.17, 15) is 20.5 Å². The van der Waals surface area contributed by atoms with Crippen LogP contribution < -0.4 is 9.88 Å². The monoisotopic (exact) mass is 409 g/mol. The van der Waals surface area contributed by atoms with Crippen molar-refractivity contribution in [1.82, 2.24) is 5.32 Å². The summed E-state index contributed by atoms with van der Waals surface area (Å²) in [7, 11) is 0. The Balaban J connectivity index is 1.92. The third-order valence-corrected chi connectivity index (χ3v) is 6.08. The summed E-state index contributed by atoms with van der Waals surface area (Å²) < 4.78 is 1.93. The van der Waals surface area contributed by atoms with E-state index in [-0.39, 0.29) is 11.6 Å². The van der Waals surface area contributed by atoms with Gasteiger partial charge in [-0.1, -0.05) is 12.1 Å². The lowest BCUT2D eigenvalue weighted by Gasteiger charge is -2.42. The SMILES string of the molecule is Cc1ccc[n+](C2C(c3ccc([N+](=O)[O-])cc3)C(C#N)=C(S)NC2(O)C2CC2)c1. The molecular formula is C21H21N4O3S+. The van der Waals surface area contributed by atoms with Crippen LogP contribution in [0.1, 0.15) is 35.9 Å². The van der Waals surface area contributed by atoms with E-state index in [1.54, 1.807) is 12.1 Å². The Labute approximate surface area is 173 Å². The van der Waals surface area contributed by atoms with Gasteiger partial charge in [0.15, 0.2) is 12.4 Å². The van der Waals surface area contributed by atoms with Gasteiger partial charge in [-0.05, 0) is 31.4 Å². The molecule has 148 valence electrons. The van der Waals surface area contributed by atoms with Crippen LogP contribution in [0.5, 0.6) is 0 Å². The molecule has 1 fully saturated rings. The predicted octanol–water partition coefficient (Wildman–Crippen LogP) is 2.88. The molecule has 3 atom stereocenters. The fourth-order valence-corrected chi connectivity index (χ4v) is 4.59. The van der Waals surface area contributed by atoms with Gasteiger partial charge in [0.2, 0.25) is 11.8 Å². The summed E-state index contributed by atoms with van der Waals surface area (Å²) in [6, 6.07) is 11.8. The number of hydrogen-bond acceptors (Lipinski definition) is 6. The molecular weight excluding hydrogens is 388 g/mol. The first-order valence-electron chi connectivity index (χ1n) is 9.40. The van der Waals surface area contributed by atoms with E-state index in [1.807, 2.05) is 36.0 Å². The van der Waals surface area contributed by atoms with Gasteiger partial charge in [-0.25, -0.2) is 0 Å². The Bertz CT molecular complexity index is 1040. The van der Waals surface area contributed by atoms with Gasteiger partial charge < -0.3 is 10.4 Å². The third kappa shape index (κ3) is 3.37. The number of pyridine rings is 1. The zero-order valence-electron chi connectivity index (χ0n) is 15.8. The second-order valence-corrected chi connectivity index (χ2v) is 8.15. The molecule has 8 heteroatoms. The summed E-state index contributed by atoms with van der Waals surface area (Å²) in [6.07, 6.45) is 5.57. The highest BCUT2D eigenvalue weighted by atomic mass is 32.1. The molecule has 2 aromatic rings. The topological polar surface area (TPSA) is 103 Å². The number of non-ortho nitro benzene ring substituents is 1. The van der Waals surface area contributed by atoms with Crippen LogP contribution in [0.25, 0.3) is 0 Å². The zero-order chi connectivity index (χ0) is 20.8. The number of benzene rings is 1. The van der Waals surface area contributed by atoms with Gasteiger partial charge >= 0.3 is 0 Å². The van der Waals surface area contributed by atoms with E-state index in [4.69, 9.17) is 0 Å². The molecule has 1 aliphatic carbocycles. The van der Waals surface area contributed by atoms with E-state index >= 15 is 0 Å². The van der Waals surface area contributed by atoms with Crippen molar-refractivity contribution in [3.05, 3.63) is 80.6 Å². The number of hydrogen-bond donors (Lipinski definition) is 3. The molecule has 1 saturated carbocycles. The Morgan fingerprint density at radius 3 is 2.59 bits per heavy atom. The first kappa shape index (κ1) is 19.4. The van der Waals surface area contributed by atoms with Gasteiger partial charge in [0, 0.05) is 29.7 Å². The Morgan fingerprint density at radius 2 is 2.03 bits per heavy atom. The molecule has 2 N–H and O–H groups in total. The van der Waals surface area contributed by atoms with Crippen LogP contribution in [0, 0.1) is 34.3 Å². The van der Waals surface area contributed by atoms with Crippen LogP contribution in [0.3, 0.4) is 0 Å². The number of aryl methyl sites for hydroxylation is 1. The quantitative estimate of drug-likeness (QED) is 0.312. The van der Waals surface area contributed by atoms with Gasteiger partial charge in [-0.2, -0.15) is 9.83 Å². The minimum absolute atomic E-state index is 0.0199. The van der Waals surface area contributed by atoms with Crippen LogP contribution in [-0.2, 0) is 0 Å². The maximum atomic E-state index is 11.7. The molecule has 0 amide bonds. The average molecular weight is 409 g/mol. The fourth-order valence-electron chi connectivity index (χ4n) is 4.22. The van der Waals surface area contributed by atoms with Crippen molar-refractivity contribution in [1.29, 1.82) is 5.26 Å². The highest BCUT2D eigenvalue weighted by Crippen LogP contribution is 2.52. The summed E-state index contributed by atoms with van der Waals surface area (Å²) in [5.41, 5.74) is 0.827. The number of nitriles is 1. The van der Waals surface area contributed by atoms with Crippen molar-refractivity contribution in [2.75, 3.05) is 0 Å². The summed E-state index contributed by atoms with van der Waals surface area (Å²) in [5, 5.41) is 36.1. The molecule has 0 bridgehead atoms. The number of rotatable bonds is 4. The molecule has 3 unspecified atom stereocenters. The highest BCUT2D eigenvalue weighted by Gasteiger charge is 2.60. The lowest BCUT2D eigenvalue weighted by Crippen LogP contribution is -2.65. The largest absolute Gasteiger partial charge is 0.365 e. The Hall–Kier alpha value is -2.89. The Kier molecular flexibility index (Phi) is 4.81. The van der Waals surface area contributed by atoms with Gasteiger partial charge in [-0.3, -0.25) is 10.1 Å². The van der Waals surface area contributed by atoms with E-state index < -0.39 is 22.6 Å². The number of nitro groups is 1.